The zero-order chi connectivity index (χ0) is 28.8. The molecule has 0 aromatic heterocycles. The molecule has 1 aliphatic rings. The number of aliphatic imine (C=N–C) groups is 1. The summed E-state index contributed by atoms with van der Waals surface area (Å²) in [4.78, 5) is 29.9. The van der Waals surface area contributed by atoms with Crippen molar-refractivity contribution in [2.24, 2.45) is 4.99 Å². The Hall–Kier alpha value is -3.24. The number of amides is 1. The Morgan fingerprint density at radius 2 is 1.82 bits per heavy atom. The van der Waals surface area contributed by atoms with Gasteiger partial charge in [-0.3, -0.25) is 4.79 Å². The number of rotatable bonds is 8. The highest BCUT2D eigenvalue weighted by Crippen LogP contribution is 2.42. The number of halogens is 3. The summed E-state index contributed by atoms with van der Waals surface area (Å²) in [6.07, 6.45) is 1.64. The Labute approximate surface area is 253 Å². The summed E-state index contributed by atoms with van der Waals surface area (Å²) in [6, 6.07) is 17.2. The van der Waals surface area contributed by atoms with Crippen molar-refractivity contribution in [1.29, 1.82) is 0 Å². The van der Waals surface area contributed by atoms with E-state index in [1.807, 2.05) is 12.1 Å². The Bertz CT molecular complexity index is 1550. The smallest absolute Gasteiger partial charge is 0.344 e. The van der Waals surface area contributed by atoms with Crippen LogP contribution in [0.3, 0.4) is 0 Å². The summed E-state index contributed by atoms with van der Waals surface area (Å²) in [7, 11) is 1.51. The monoisotopic (exact) mass is 661 g/mol. The van der Waals surface area contributed by atoms with E-state index in [2.05, 4.69) is 20.9 Å². The molecule has 1 N–H and O–H groups in total. The van der Waals surface area contributed by atoms with E-state index >= 15 is 0 Å². The van der Waals surface area contributed by atoms with Crippen LogP contribution < -0.4 is 9.47 Å². The van der Waals surface area contributed by atoms with Gasteiger partial charge in [-0.2, -0.15) is 0 Å². The Kier molecular flexibility index (Phi) is 9.97. The normalized spacial score (nSPS) is 15.0. The quantitative estimate of drug-likeness (QED) is 0.244. The summed E-state index contributed by atoms with van der Waals surface area (Å²) in [5.74, 6) is -0.887. The number of ether oxygens (including phenoxy) is 3. The van der Waals surface area contributed by atoms with Crippen LogP contribution in [0.2, 0.25) is 10.0 Å². The van der Waals surface area contributed by atoms with Gasteiger partial charge in [0.2, 0.25) is 0 Å². The lowest BCUT2D eigenvalue weighted by atomic mass is 10.1. The molecule has 4 rings (SSSR count). The zero-order valence-electron chi connectivity index (χ0n) is 21.2. The first kappa shape index (κ1) is 29.7. The minimum atomic E-state index is -0.800. The first-order valence-corrected chi connectivity index (χ1v) is 14.2. The summed E-state index contributed by atoms with van der Waals surface area (Å²) in [6.45, 7) is 2.00. The van der Waals surface area contributed by atoms with Crippen LogP contribution in [0.25, 0.3) is 6.08 Å². The molecule has 0 aliphatic carbocycles. The molecule has 0 fully saturated rings. The molecule has 7 nitrogen and oxygen atoms in total. The number of nitrogens with zero attached hydrogens (tertiary/aromatic N) is 1. The third-order valence-corrected chi connectivity index (χ3v) is 7.71. The van der Waals surface area contributed by atoms with E-state index in [1.165, 1.54) is 13.2 Å². The Morgan fingerprint density at radius 1 is 1.10 bits per heavy atom. The minimum absolute atomic E-state index is 0.000989. The van der Waals surface area contributed by atoms with Crippen molar-refractivity contribution in [1.82, 2.24) is 0 Å². The molecule has 0 atom stereocenters. The number of carbonyl (C=O) groups is 2. The van der Waals surface area contributed by atoms with Crippen molar-refractivity contribution >= 4 is 73.9 Å². The number of aliphatic hydroxyl groups excluding tert-OH is 1. The number of methoxy groups -OCH3 is 1. The van der Waals surface area contributed by atoms with E-state index in [1.54, 1.807) is 55.5 Å². The van der Waals surface area contributed by atoms with E-state index in [0.29, 0.717) is 26.6 Å². The second kappa shape index (κ2) is 13.4. The third-order valence-electron chi connectivity index (χ3n) is 5.52. The van der Waals surface area contributed by atoms with Crippen LogP contribution in [0.15, 0.2) is 86.4 Å². The lowest BCUT2D eigenvalue weighted by Crippen LogP contribution is -2.14. The highest BCUT2D eigenvalue weighted by Gasteiger charge is 2.34. The zero-order valence-corrected chi connectivity index (χ0v) is 25.2. The fourth-order valence-corrected chi connectivity index (χ4v) is 5.56. The van der Waals surface area contributed by atoms with Gasteiger partial charge in [-0.25, -0.2) is 9.79 Å². The molecular weight excluding hydrogens is 641 g/mol. The minimum Gasteiger partial charge on any atom is -0.506 e. The first-order chi connectivity index (χ1) is 19.2. The van der Waals surface area contributed by atoms with E-state index in [-0.39, 0.29) is 45.1 Å². The molecule has 3 aromatic carbocycles. The van der Waals surface area contributed by atoms with Gasteiger partial charge in [0.25, 0.3) is 5.91 Å². The molecule has 11 heteroatoms. The highest BCUT2D eigenvalue weighted by atomic mass is 79.9. The molecule has 1 aliphatic heterocycles. The SMILES string of the molecule is CCOC(=O)C1=C(O)/C(=C/c2cc(Br)c(OCc3ccc(Cl)cc3)c(OC)c2)SC1=NC(=O)c1ccccc1Cl. The predicted molar refractivity (Wildman–Crippen MR) is 162 cm³/mol. The van der Waals surface area contributed by atoms with Crippen molar-refractivity contribution in [3.63, 3.8) is 0 Å². The number of hydrogen-bond donors (Lipinski definition) is 1. The molecule has 1 heterocycles. The molecule has 0 saturated carbocycles. The van der Waals surface area contributed by atoms with Crippen LogP contribution in [0.5, 0.6) is 11.5 Å². The number of esters is 1. The highest BCUT2D eigenvalue weighted by molar-refractivity contribution is 9.10. The van der Waals surface area contributed by atoms with Gasteiger partial charge in [-0.05, 0) is 76.5 Å². The van der Waals surface area contributed by atoms with Crippen LogP contribution in [-0.4, -0.2) is 35.7 Å². The maximum Gasteiger partial charge on any atom is 0.344 e. The summed E-state index contributed by atoms with van der Waals surface area (Å²) >= 11 is 16.6. The summed E-state index contributed by atoms with van der Waals surface area (Å²) in [5, 5.41) is 11.8. The first-order valence-electron chi connectivity index (χ1n) is 11.8. The van der Waals surface area contributed by atoms with Gasteiger partial charge in [0.05, 0.1) is 33.7 Å². The number of benzene rings is 3. The van der Waals surface area contributed by atoms with Crippen LogP contribution >= 0.6 is 50.9 Å². The van der Waals surface area contributed by atoms with E-state index in [0.717, 1.165) is 17.3 Å². The second-order valence-electron chi connectivity index (χ2n) is 8.21. The van der Waals surface area contributed by atoms with Gasteiger partial charge in [0.15, 0.2) is 11.5 Å². The Balaban J connectivity index is 1.66. The third kappa shape index (κ3) is 6.90. The molecule has 0 bridgehead atoms. The number of carbonyl (C=O) groups excluding carboxylic acids is 2. The van der Waals surface area contributed by atoms with Crippen LogP contribution in [0.1, 0.15) is 28.4 Å². The Morgan fingerprint density at radius 3 is 2.50 bits per heavy atom. The fraction of sp³-hybridized carbons (Fsp3) is 0.138. The summed E-state index contributed by atoms with van der Waals surface area (Å²) in [5.41, 5.74) is 1.51. The van der Waals surface area contributed by atoms with E-state index in [4.69, 9.17) is 37.4 Å². The van der Waals surface area contributed by atoms with Gasteiger partial charge >= 0.3 is 5.97 Å². The topological polar surface area (TPSA) is 94.4 Å². The van der Waals surface area contributed by atoms with Gasteiger partial charge in [0, 0.05) is 5.02 Å². The molecule has 206 valence electrons. The number of hydrogen-bond acceptors (Lipinski definition) is 7. The van der Waals surface area contributed by atoms with Crippen molar-refractivity contribution in [2.75, 3.05) is 13.7 Å². The second-order valence-corrected chi connectivity index (χ2v) is 10.9. The van der Waals surface area contributed by atoms with Crippen LogP contribution in [-0.2, 0) is 16.1 Å². The predicted octanol–water partition coefficient (Wildman–Crippen LogP) is 8.05. The maximum absolute atomic E-state index is 12.9. The largest absolute Gasteiger partial charge is 0.506 e. The number of thioether (sulfide) groups is 1. The average molecular weight is 663 g/mol. The molecular formula is C29H22BrCl2NO6S. The van der Waals surface area contributed by atoms with Crippen molar-refractivity contribution < 1.29 is 28.9 Å². The van der Waals surface area contributed by atoms with Crippen LogP contribution in [0, 0.1) is 0 Å². The molecule has 0 unspecified atom stereocenters. The van der Waals surface area contributed by atoms with E-state index in [9.17, 15) is 14.7 Å². The molecule has 40 heavy (non-hydrogen) atoms. The standard InChI is InChI=1S/C29H22BrCl2NO6S/c1-3-38-29(36)24-25(34)23(40-28(24)33-27(35)19-6-4-5-7-21(19)32)14-17-12-20(30)26(22(13-17)37-2)39-15-16-8-10-18(31)11-9-16/h4-14,34H,3,15H2,1-2H3/b23-14-,33-28?. The van der Waals surface area contributed by atoms with Gasteiger partial charge in [0.1, 0.15) is 23.0 Å². The van der Waals surface area contributed by atoms with Crippen molar-refractivity contribution in [3.05, 3.63) is 108 Å². The summed E-state index contributed by atoms with van der Waals surface area (Å²) < 4.78 is 17.3. The lowest BCUT2D eigenvalue weighted by molar-refractivity contribution is -0.138. The fourth-order valence-electron chi connectivity index (χ4n) is 3.63. The van der Waals surface area contributed by atoms with E-state index < -0.39 is 11.9 Å². The molecule has 3 aromatic rings. The van der Waals surface area contributed by atoms with Gasteiger partial charge < -0.3 is 19.3 Å². The molecule has 0 saturated heterocycles. The maximum atomic E-state index is 12.9. The van der Waals surface area contributed by atoms with Crippen LogP contribution in [0.4, 0.5) is 0 Å². The van der Waals surface area contributed by atoms with Gasteiger partial charge in [-0.1, -0.05) is 59.2 Å². The lowest BCUT2D eigenvalue weighted by Gasteiger charge is -2.14. The number of aliphatic hydroxyl groups is 1. The molecule has 0 radical (unpaired) electrons. The van der Waals surface area contributed by atoms with Crippen molar-refractivity contribution in [3.8, 4) is 11.5 Å². The average Bonchev–Trinajstić information content (AvgIpc) is 3.22. The van der Waals surface area contributed by atoms with Gasteiger partial charge in [-0.15, -0.1) is 0 Å². The molecule has 1 amide bonds. The molecule has 0 spiro atoms. The van der Waals surface area contributed by atoms with Crippen molar-refractivity contribution in [2.45, 2.75) is 13.5 Å².